The third-order valence-electron chi connectivity index (χ3n) is 0.853. The SMILES string of the molecule is O[CH]CC([CH]O)CO. The zero-order chi connectivity index (χ0) is 6.41. The summed E-state index contributed by atoms with van der Waals surface area (Å²) >= 11 is 0. The summed E-state index contributed by atoms with van der Waals surface area (Å²) < 4.78 is 0. The fourth-order valence-corrected chi connectivity index (χ4v) is 0.318. The molecule has 0 bridgehead atoms. The van der Waals surface area contributed by atoms with Gasteiger partial charge in [-0.3, -0.25) is 0 Å². The second kappa shape index (κ2) is 5.03. The highest BCUT2D eigenvalue weighted by Crippen LogP contribution is 2.03. The zero-order valence-electron chi connectivity index (χ0n) is 4.49. The summed E-state index contributed by atoms with van der Waals surface area (Å²) in [5.41, 5.74) is 0. The van der Waals surface area contributed by atoms with Gasteiger partial charge in [-0.1, -0.05) is 0 Å². The lowest BCUT2D eigenvalue weighted by atomic mass is 10.1. The average molecular weight is 118 g/mol. The number of aliphatic hydroxyl groups is 3. The van der Waals surface area contributed by atoms with Gasteiger partial charge in [-0.25, -0.2) is 0 Å². The van der Waals surface area contributed by atoms with E-state index in [4.69, 9.17) is 15.3 Å². The van der Waals surface area contributed by atoms with E-state index in [1.165, 1.54) is 0 Å². The van der Waals surface area contributed by atoms with E-state index in [1.54, 1.807) is 0 Å². The fourth-order valence-electron chi connectivity index (χ4n) is 0.318. The quantitative estimate of drug-likeness (QED) is 0.489. The van der Waals surface area contributed by atoms with Gasteiger partial charge in [-0.2, -0.15) is 0 Å². The van der Waals surface area contributed by atoms with Crippen LogP contribution in [-0.2, 0) is 0 Å². The second-order valence-corrected chi connectivity index (χ2v) is 1.51. The first-order chi connectivity index (χ1) is 3.85. The third-order valence-corrected chi connectivity index (χ3v) is 0.853. The topological polar surface area (TPSA) is 60.7 Å². The molecule has 1 atom stereocenters. The smallest absolute Gasteiger partial charge is 0.0853 e. The van der Waals surface area contributed by atoms with E-state index >= 15 is 0 Å². The van der Waals surface area contributed by atoms with Crippen molar-refractivity contribution in [3.63, 3.8) is 0 Å². The van der Waals surface area contributed by atoms with E-state index in [2.05, 4.69) is 0 Å². The highest BCUT2D eigenvalue weighted by molar-refractivity contribution is 4.67. The van der Waals surface area contributed by atoms with Crippen molar-refractivity contribution in [2.75, 3.05) is 6.61 Å². The second-order valence-electron chi connectivity index (χ2n) is 1.51. The average Bonchev–Trinajstić information content (AvgIpc) is 1.83. The normalized spacial score (nSPS) is 10.5. The molecule has 3 nitrogen and oxygen atoms in total. The van der Waals surface area contributed by atoms with Crippen LogP contribution in [0.1, 0.15) is 6.42 Å². The summed E-state index contributed by atoms with van der Waals surface area (Å²) in [6, 6.07) is 0. The Morgan fingerprint density at radius 1 is 1.38 bits per heavy atom. The van der Waals surface area contributed by atoms with E-state index in [1.807, 2.05) is 0 Å². The molecule has 0 aliphatic carbocycles. The van der Waals surface area contributed by atoms with Crippen LogP contribution in [0.4, 0.5) is 0 Å². The third kappa shape index (κ3) is 2.96. The van der Waals surface area contributed by atoms with Gasteiger partial charge < -0.3 is 15.3 Å². The monoisotopic (exact) mass is 118 g/mol. The molecule has 3 heteroatoms. The Bertz CT molecular complexity index is 42.9. The Hall–Kier alpha value is -0.120. The van der Waals surface area contributed by atoms with Crippen LogP contribution in [0, 0.1) is 19.1 Å². The molecule has 8 heavy (non-hydrogen) atoms. The number of aliphatic hydroxyl groups excluding tert-OH is 3. The molecule has 0 fully saturated rings. The maximum absolute atomic E-state index is 8.33. The Kier molecular flexibility index (Phi) is 4.95. The number of hydrogen-bond donors (Lipinski definition) is 3. The van der Waals surface area contributed by atoms with Crippen LogP contribution in [0.5, 0.6) is 0 Å². The van der Waals surface area contributed by atoms with Crippen LogP contribution in [0.2, 0.25) is 0 Å². The maximum Gasteiger partial charge on any atom is 0.0853 e. The standard InChI is InChI=1S/C5H10O3/c6-2-1-5(3-7)4-8/h2-3,5-8H,1,4H2. The first kappa shape index (κ1) is 7.88. The van der Waals surface area contributed by atoms with Gasteiger partial charge in [0.2, 0.25) is 0 Å². The molecule has 48 valence electrons. The molecule has 0 aromatic carbocycles. The van der Waals surface area contributed by atoms with Crippen LogP contribution in [0.25, 0.3) is 0 Å². The Morgan fingerprint density at radius 2 is 2.00 bits per heavy atom. The molecule has 0 amide bonds. The van der Waals surface area contributed by atoms with Crippen molar-refractivity contribution in [1.82, 2.24) is 0 Å². The first-order valence-electron chi connectivity index (χ1n) is 2.39. The molecule has 2 radical (unpaired) electrons. The van der Waals surface area contributed by atoms with Crippen LogP contribution >= 0.6 is 0 Å². The molecular formula is C5H10O3. The molecule has 0 aliphatic heterocycles. The molecule has 0 heterocycles. The Labute approximate surface area is 48.6 Å². The lowest BCUT2D eigenvalue weighted by molar-refractivity contribution is 0.182. The first-order valence-corrected chi connectivity index (χ1v) is 2.39. The van der Waals surface area contributed by atoms with Crippen molar-refractivity contribution < 1.29 is 15.3 Å². The summed E-state index contributed by atoms with van der Waals surface area (Å²) in [5, 5.41) is 24.7. The van der Waals surface area contributed by atoms with Gasteiger partial charge in [0.1, 0.15) is 0 Å². The van der Waals surface area contributed by atoms with Crippen LogP contribution in [0.15, 0.2) is 0 Å². The summed E-state index contributed by atoms with van der Waals surface area (Å²) in [5.74, 6) is -0.319. The van der Waals surface area contributed by atoms with E-state index in [-0.39, 0.29) is 12.5 Å². The van der Waals surface area contributed by atoms with Crippen molar-refractivity contribution in [2.24, 2.45) is 5.92 Å². The molecule has 1 unspecified atom stereocenters. The minimum Gasteiger partial charge on any atom is -0.396 e. The van der Waals surface area contributed by atoms with Gasteiger partial charge in [0.15, 0.2) is 0 Å². The summed E-state index contributed by atoms with van der Waals surface area (Å²) in [6.45, 7) is 1.65. The lowest BCUT2D eigenvalue weighted by Crippen LogP contribution is -2.05. The van der Waals surface area contributed by atoms with Gasteiger partial charge in [0.25, 0.3) is 0 Å². The van der Waals surface area contributed by atoms with Crippen molar-refractivity contribution in [1.29, 1.82) is 0 Å². The van der Waals surface area contributed by atoms with Gasteiger partial charge in [-0.15, -0.1) is 0 Å². The molecule has 0 aromatic rings. The Balaban J connectivity index is 3.07. The van der Waals surface area contributed by atoms with Crippen molar-refractivity contribution in [3.05, 3.63) is 13.2 Å². The van der Waals surface area contributed by atoms with Gasteiger partial charge in [0, 0.05) is 12.5 Å². The van der Waals surface area contributed by atoms with Gasteiger partial charge in [-0.05, 0) is 6.42 Å². The predicted molar refractivity (Wildman–Crippen MR) is 27.7 cm³/mol. The van der Waals surface area contributed by atoms with Gasteiger partial charge >= 0.3 is 0 Å². The van der Waals surface area contributed by atoms with Crippen LogP contribution in [-0.4, -0.2) is 21.9 Å². The number of hydrogen-bond acceptors (Lipinski definition) is 3. The van der Waals surface area contributed by atoms with Crippen molar-refractivity contribution >= 4 is 0 Å². The summed E-state index contributed by atoms with van der Waals surface area (Å²) in [6.07, 6.45) is 0.299. The summed E-state index contributed by atoms with van der Waals surface area (Å²) in [7, 11) is 0. The molecular weight excluding hydrogens is 108 g/mol. The summed E-state index contributed by atoms with van der Waals surface area (Å²) in [4.78, 5) is 0. The fraction of sp³-hybridized carbons (Fsp3) is 0.600. The van der Waals surface area contributed by atoms with Crippen LogP contribution < -0.4 is 0 Å². The molecule has 0 saturated heterocycles. The molecule has 3 N–H and O–H groups in total. The van der Waals surface area contributed by atoms with E-state index < -0.39 is 0 Å². The molecule has 0 aromatic heterocycles. The van der Waals surface area contributed by atoms with E-state index in [0.29, 0.717) is 6.42 Å². The largest absolute Gasteiger partial charge is 0.396 e. The zero-order valence-corrected chi connectivity index (χ0v) is 4.49. The predicted octanol–water partition coefficient (Wildman–Crippen LogP) is 0.0536. The van der Waals surface area contributed by atoms with Crippen molar-refractivity contribution in [3.8, 4) is 0 Å². The Morgan fingerprint density at radius 3 is 2.12 bits per heavy atom. The van der Waals surface area contributed by atoms with E-state index in [0.717, 1.165) is 13.2 Å². The van der Waals surface area contributed by atoms with Gasteiger partial charge in [0.05, 0.1) is 13.2 Å². The molecule has 0 saturated carbocycles. The number of rotatable bonds is 4. The van der Waals surface area contributed by atoms with E-state index in [9.17, 15) is 0 Å². The van der Waals surface area contributed by atoms with Crippen LogP contribution in [0.3, 0.4) is 0 Å². The van der Waals surface area contributed by atoms with Crippen molar-refractivity contribution in [2.45, 2.75) is 6.42 Å². The lowest BCUT2D eigenvalue weighted by Gasteiger charge is -2.04. The maximum atomic E-state index is 8.33. The molecule has 0 spiro atoms. The molecule has 0 rings (SSSR count). The minimum absolute atomic E-state index is 0.131. The highest BCUT2D eigenvalue weighted by atomic mass is 16.3. The molecule has 0 aliphatic rings. The highest BCUT2D eigenvalue weighted by Gasteiger charge is 2.03. The minimum atomic E-state index is -0.319.